The van der Waals surface area contributed by atoms with Crippen molar-refractivity contribution in [2.45, 2.75) is 18.9 Å². The van der Waals surface area contributed by atoms with Crippen LogP contribution in [0.4, 0.5) is 0 Å². The first-order chi connectivity index (χ1) is 5.22. The van der Waals surface area contributed by atoms with Crippen molar-refractivity contribution in [3.8, 4) is 0 Å². The molecule has 4 N–H and O–H groups in total. The number of carboxylic acid groups (broad SMARTS) is 1. The molecule has 1 saturated heterocycles. The Labute approximate surface area is 65.8 Å². The van der Waals surface area contributed by atoms with Crippen LogP contribution in [0.25, 0.3) is 0 Å². The predicted octanol–water partition coefficient (Wildman–Crippen LogP) is -0.602. The van der Waals surface area contributed by atoms with Crippen molar-refractivity contribution in [2.24, 2.45) is 11.7 Å². The minimum Gasteiger partial charge on any atom is -0.481 e. The first kappa shape index (κ1) is 8.49. The van der Waals surface area contributed by atoms with E-state index in [1.54, 1.807) is 0 Å². The molecule has 0 amide bonds. The van der Waals surface area contributed by atoms with E-state index in [2.05, 4.69) is 5.32 Å². The summed E-state index contributed by atoms with van der Waals surface area (Å²) in [7, 11) is 0. The molecular weight excluding hydrogens is 144 g/mol. The highest BCUT2D eigenvalue weighted by molar-refractivity contribution is 5.70. The van der Waals surface area contributed by atoms with Crippen molar-refractivity contribution < 1.29 is 9.90 Å². The van der Waals surface area contributed by atoms with E-state index < -0.39 is 5.97 Å². The molecule has 1 rings (SSSR count). The van der Waals surface area contributed by atoms with Gasteiger partial charge in [-0.1, -0.05) is 0 Å². The summed E-state index contributed by atoms with van der Waals surface area (Å²) in [5, 5.41) is 11.8. The molecule has 1 aliphatic heterocycles. The van der Waals surface area contributed by atoms with Crippen molar-refractivity contribution in [1.29, 1.82) is 0 Å². The van der Waals surface area contributed by atoms with Crippen LogP contribution in [0.15, 0.2) is 0 Å². The lowest BCUT2D eigenvalue weighted by atomic mass is 9.96. The summed E-state index contributed by atoms with van der Waals surface area (Å²) in [6, 6.07) is -0.178. The van der Waals surface area contributed by atoms with E-state index in [-0.39, 0.29) is 12.0 Å². The highest BCUT2D eigenvalue weighted by Gasteiger charge is 2.25. The van der Waals surface area contributed by atoms with E-state index in [1.807, 2.05) is 0 Å². The highest BCUT2D eigenvalue weighted by Crippen LogP contribution is 2.12. The monoisotopic (exact) mass is 158 g/mol. The van der Waals surface area contributed by atoms with Crippen LogP contribution >= 0.6 is 0 Å². The Kier molecular flexibility index (Phi) is 2.84. The van der Waals surface area contributed by atoms with Crippen LogP contribution in [0.1, 0.15) is 12.8 Å². The van der Waals surface area contributed by atoms with Gasteiger partial charge in [0.1, 0.15) is 0 Å². The minimum absolute atomic E-state index is 0.178. The highest BCUT2D eigenvalue weighted by atomic mass is 16.4. The zero-order valence-electron chi connectivity index (χ0n) is 6.42. The Balaban J connectivity index is 2.52. The smallest absolute Gasteiger partial charge is 0.308 e. The predicted molar refractivity (Wildman–Crippen MR) is 41.2 cm³/mol. The molecule has 0 unspecified atom stereocenters. The third kappa shape index (κ3) is 2.17. The normalized spacial score (nSPS) is 32.8. The first-order valence-electron chi connectivity index (χ1n) is 3.91. The molecule has 1 heterocycles. The Morgan fingerprint density at radius 1 is 1.45 bits per heavy atom. The van der Waals surface area contributed by atoms with Gasteiger partial charge in [-0.25, -0.2) is 0 Å². The second-order valence-corrected chi connectivity index (χ2v) is 2.94. The van der Waals surface area contributed by atoms with Gasteiger partial charge in [0.15, 0.2) is 0 Å². The topological polar surface area (TPSA) is 75.3 Å². The molecule has 0 spiro atoms. The summed E-state index contributed by atoms with van der Waals surface area (Å²) in [4.78, 5) is 10.6. The third-order valence-corrected chi connectivity index (χ3v) is 2.12. The zero-order valence-corrected chi connectivity index (χ0v) is 6.42. The molecule has 0 saturated carbocycles. The van der Waals surface area contributed by atoms with Crippen molar-refractivity contribution in [3.63, 3.8) is 0 Å². The van der Waals surface area contributed by atoms with Gasteiger partial charge in [0.05, 0.1) is 5.92 Å². The van der Waals surface area contributed by atoms with Gasteiger partial charge in [-0.15, -0.1) is 0 Å². The molecule has 0 radical (unpaired) electrons. The van der Waals surface area contributed by atoms with Gasteiger partial charge in [-0.3, -0.25) is 4.79 Å². The molecule has 0 aromatic heterocycles. The molecule has 4 nitrogen and oxygen atoms in total. The fraction of sp³-hybridized carbons (Fsp3) is 0.857. The number of aliphatic carboxylic acids is 1. The Morgan fingerprint density at radius 3 is 2.73 bits per heavy atom. The maximum atomic E-state index is 10.6. The van der Waals surface area contributed by atoms with Crippen LogP contribution in [-0.4, -0.2) is 30.2 Å². The Bertz CT molecular complexity index is 149. The van der Waals surface area contributed by atoms with Crippen molar-refractivity contribution in [2.75, 3.05) is 13.1 Å². The molecule has 1 fully saturated rings. The van der Waals surface area contributed by atoms with Crippen molar-refractivity contribution in [1.82, 2.24) is 5.32 Å². The second-order valence-electron chi connectivity index (χ2n) is 2.94. The molecule has 1 aliphatic rings. The Morgan fingerprint density at radius 2 is 2.09 bits per heavy atom. The SMILES string of the molecule is N[C@@H]1CCNCC[C@@H]1C(=O)O. The van der Waals surface area contributed by atoms with Crippen LogP contribution in [0.3, 0.4) is 0 Å². The number of hydrogen-bond donors (Lipinski definition) is 3. The number of nitrogens with two attached hydrogens (primary N) is 1. The fourth-order valence-electron chi connectivity index (χ4n) is 1.37. The Hall–Kier alpha value is -0.610. The van der Waals surface area contributed by atoms with Gasteiger partial charge < -0.3 is 16.2 Å². The van der Waals surface area contributed by atoms with Crippen LogP contribution in [0.2, 0.25) is 0 Å². The maximum absolute atomic E-state index is 10.6. The molecular formula is C7H14N2O2. The molecule has 0 aliphatic carbocycles. The van der Waals surface area contributed by atoms with Crippen LogP contribution in [-0.2, 0) is 4.79 Å². The number of nitrogens with one attached hydrogen (secondary N) is 1. The van der Waals surface area contributed by atoms with Gasteiger partial charge in [0, 0.05) is 6.04 Å². The molecule has 0 aromatic rings. The van der Waals surface area contributed by atoms with E-state index in [4.69, 9.17) is 10.8 Å². The zero-order chi connectivity index (χ0) is 8.27. The van der Waals surface area contributed by atoms with E-state index in [0.717, 1.165) is 19.5 Å². The van der Waals surface area contributed by atoms with Gasteiger partial charge in [-0.05, 0) is 25.9 Å². The maximum Gasteiger partial charge on any atom is 0.308 e. The molecule has 0 bridgehead atoms. The second kappa shape index (κ2) is 3.69. The average Bonchev–Trinajstić information content (AvgIpc) is 2.13. The molecule has 2 atom stereocenters. The van der Waals surface area contributed by atoms with Crippen molar-refractivity contribution in [3.05, 3.63) is 0 Å². The summed E-state index contributed by atoms with van der Waals surface area (Å²) in [6.45, 7) is 1.61. The largest absolute Gasteiger partial charge is 0.481 e. The van der Waals surface area contributed by atoms with Crippen LogP contribution in [0, 0.1) is 5.92 Å². The lowest BCUT2D eigenvalue weighted by Gasteiger charge is -2.15. The number of carbonyl (C=O) groups is 1. The van der Waals surface area contributed by atoms with Gasteiger partial charge >= 0.3 is 5.97 Å². The van der Waals surface area contributed by atoms with E-state index >= 15 is 0 Å². The molecule has 64 valence electrons. The fourth-order valence-corrected chi connectivity index (χ4v) is 1.37. The lowest BCUT2D eigenvalue weighted by Crippen LogP contribution is -2.35. The number of hydrogen-bond acceptors (Lipinski definition) is 3. The summed E-state index contributed by atoms with van der Waals surface area (Å²) in [5.41, 5.74) is 5.66. The molecule has 0 aromatic carbocycles. The molecule has 4 heteroatoms. The van der Waals surface area contributed by atoms with E-state index in [9.17, 15) is 4.79 Å². The number of rotatable bonds is 1. The standard InChI is InChI=1S/C7H14N2O2/c8-6-2-4-9-3-1-5(6)7(10)11/h5-6,9H,1-4,8H2,(H,10,11)/t5-,6+/m0/s1. The van der Waals surface area contributed by atoms with Crippen molar-refractivity contribution >= 4 is 5.97 Å². The van der Waals surface area contributed by atoms with Gasteiger partial charge in [0.2, 0.25) is 0 Å². The summed E-state index contributed by atoms with van der Waals surface area (Å²) in [6.07, 6.45) is 1.41. The number of carboxylic acids is 1. The van der Waals surface area contributed by atoms with Gasteiger partial charge in [0.25, 0.3) is 0 Å². The van der Waals surface area contributed by atoms with Gasteiger partial charge in [-0.2, -0.15) is 0 Å². The average molecular weight is 158 g/mol. The summed E-state index contributed by atoms with van der Waals surface area (Å²) >= 11 is 0. The minimum atomic E-state index is -0.763. The van der Waals surface area contributed by atoms with E-state index in [1.165, 1.54) is 0 Å². The first-order valence-corrected chi connectivity index (χ1v) is 3.91. The quantitative estimate of drug-likeness (QED) is 0.476. The summed E-state index contributed by atoms with van der Waals surface area (Å²) in [5.74, 6) is -1.12. The van der Waals surface area contributed by atoms with E-state index in [0.29, 0.717) is 6.42 Å². The lowest BCUT2D eigenvalue weighted by molar-refractivity contribution is -0.142. The van der Waals surface area contributed by atoms with Crippen LogP contribution in [0.5, 0.6) is 0 Å². The molecule has 11 heavy (non-hydrogen) atoms. The summed E-state index contributed by atoms with van der Waals surface area (Å²) < 4.78 is 0. The third-order valence-electron chi connectivity index (χ3n) is 2.12. The van der Waals surface area contributed by atoms with Crippen LogP contribution < -0.4 is 11.1 Å².